The van der Waals surface area contributed by atoms with Crippen LogP contribution in [0.15, 0.2) is 24.4 Å². The summed E-state index contributed by atoms with van der Waals surface area (Å²) in [4.78, 5) is 68.4. The Morgan fingerprint density at radius 1 is 1.27 bits per heavy atom. The summed E-state index contributed by atoms with van der Waals surface area (Å²) in [6.07, 6.45) is 0.318. The highest BCUT2D eigenvalue weighted by Gasteiger charge is 2.42. The molecule has 0 bridgehead atoms. The van der Waals surface area contributed by atoms with Gasteiger partial charge < -0.3 is 30.1 Å². The average molecular weight is 577 g/mol. The Morgan fingerprint density at radius 2 is 2.00 bits per heavy atom. The molecule has 0 radical (unpaired) electrons. The van der Waals surface area contributed by atoms with Gasteiger partial charge in [-0.3, -0.25) is 24.3 Å². The number of carbonyl (C=O) groups excluding carboxylic acids is 4. The van der Waals surface area contributed by atoms with Crippen LogP contribution in [0, 0.1) is 5.82 Å². The van der Waals surface area contributed by atoms with Gasteiger partial charge in [-0.15, -0.1) is 0 Å². The van der Waals surface area contributed by atoms with E-state index in [1.165, 1.54) is 17.0 Å². The van der Waals surface area contributed by atoms with Crippen LogP contribution in [0.1, 0.15) is 41.0 Å². The molecule has 40 heavy (non-hydrogen) atoms. The second-order valence-corrected chi connectivity index (χ2v) is 9.55. The van der Waals surface area contributed by atoms with Gasteiger partial charge in [0.15, 0.2) is 11.6 Å². The van der Waals surface area contributed by atoms with Crippen LogP contribution in [0.2, 0.25) is 10.8 Å². The first-order chi connectivity index (χ1) is 18.9. The van der Waals surface area contributed by atoms with Gasteiger partial charge in [0.05, 0.1) is 11.2 Å². The van der Waals surface area contributed by atoms with Crippen molar-refractivity contribution in [3.63, 3.8) is 0 Å². The van der Waals surface area contributed by atoms with Gasteiger partial charge in [-0.1, -0.05) is 17.7 Å². The molecule has 210 valence electrons. The molecule has 3 heterocycles. The topological polar surface area (TPSA) is 187 Å². The van der Waals surface area contributed by atoms with E-state index in [0.717, 1.165) is 6.20 Å². The highest BCUT2D eigenvalue weighted by atomic mass is 35.5. The van der Waals surface area contributed by atoms with E-state index >= 15 is 0 Å². The summed E-state index contributed by atoms with van der Waals surface area (Å²) in [7, 11) is -1.66. The lowest BCUT2D eigenvalue weighted by atomic mass is 9.64. The Bertz CT molecular complexity index is 1410. The molecule has 2 aromatic rings. The number of hydrogen-bond donors (Lipinski definition) is 4. The number of piperazine rings is 1. The number of urea groups is 1. The second kappa shape index (κ2) is 11.5. The first-order valence-corrected chi connectivity index (χ1v) is 12.5. The SMILES string of the molecule is CCN1CCN(C(=O)NC(C(=O)C[C@H]2Cc3ccc(Cl)c(C(=O)O)c3OB2O)c2ncc(O)cc2F)C(=O)C1=O. The number of imide groups is 1. The molecule has 0 aliphatic carbocycles. The van der Waals surface area contributed by atoms with E-state index in [9.17, 15) is 43.6 Å². The molecule has 2 atom stereocenters. The van der Waals surface area contributed by atoms with Crippen molar-refractivity contribution in [2.75, 3.05) is 19.6 Å². The second-order valence-electron chi connectivity index (χ2n) is 9.14. The van der Waals surface area contributed by atoms with Crippen LogP contribution < -0.4 is 9.97 Å². The fraction of sp³-hybridized carbons (Fsp3) is 0.333. The number of carboxylic acids is 1. The Labute approximate surface area is 231 Å². The molecule has 1 saturated heterocycles. The van der Waals surface area contributed by atoms with Crippen molar-refractivity contribution in [2.45, 2.75) is 31.6 Å². The van der Waals surface area contributed by atoms with E-state index in [1.54, 1.807) is 6.92 Å². The molecule has 1 aromatic heterocycles. The maximum absolute atomic E-state index is 14.8. The highest BCUT2D eigenvalue weighted by Crippen LogP contribution is 2.40. The summed E-state index contributed by atoms with van der Waals surface area (Å²) in [6, 6.07) is 0.558. The third kappa shape index (κ3) is 5.56. The van der Waals surface area contributed by atoms with E-state index in [0.29, 0.717) is 16.5 Å². The number of hydrogen-bond acceptors (Lipinski definition) is 9. The van der Waals surface area contributed by atoms with E-state index in [4.69, 9.17) is 16.3 Å². The number of halogens is 2. The minimum absolute atomic E-state index is 0.0300. The largest absolute Gasteiger partial charge is 0.535 e. The number of amides is 4. The Hall–Kier alpha value is -4.24. The van der Waals surface area contributed by atoms with Crippen molar-refractivity contribution in [1.29, 1.82) is 0 Å². The number of carboxylic acid groups (broad SMARTS) is 1. The summed E-state index contributed by atoms with van der Waals surface area (Å²) in [5.41, 5.74) is -0.586. The fourth-order valence-electron chi connectivity index (χ4n) is 4.57. The van der Waals surface area contributed by atoms with Gasteiger partial charge in [-0.2, -0.15) is 0 Å². The first kappa shape index (κ1) is 28.8. The molecule has 2 aliphatic heterocycles. The standard InChI is InChI=1S/C24H23BClFN4O9/c1-2-30-5-6-31(22(35)21(30)34)24(38)29-19(18-15(27)9-13(32)10-28-18)16(33)8-12-7-11-3-4-14(26)17(23(36)37)20(11)40-25(12)39/h3-4,9-10,12,19,32,39H,2,5-8H2,1H3,(H,29,38)(H,36,37)/t12-,19?/m1/s1. The fourth-order valence-corrected chi connectivity index (χ4v) is 4.80. The maximum atomic E-state index is 14.8. The third-order valence-electron chi connectivity index (χ3n) is 6.64. The predicted molar refractivity (Wildman–Crippen MR) is 135 cm³/mol. The number of nitrogens with one attached hydrogen (secondary N) is 1. The minimum atomic E-state index is -1.78. The van der Waals surface area contributed by atoms with Gasteiger partial charge in [0.25, 0.3) is 0 Å². The normalized spacial score (nSPS) is 17.7. The number of pyridine rings is 1. The van der Waals surface area contributed by atoms with Gasteiger partial charge in [0.1, 0.15) is 28.8 Å². The smallest absolute Gasteiger partial charge is 0.526 e. The van der Waals surface area contributed by atoms with Gasteiger partial charge in [0, 0.05) is 37.9 Å². The quantitative estimate of drug-likeness (QED) is 0.275. The van der Waals surface area contributed by atoms with Crippen LogP contribution >= 0.6 is 11.6 Å². The lowest BCUT2D eigenvalue weighted by Crippen LogP contribution is -2.58. The van der Waals surface area contributed by atoms with Gasteiger partial charge >= 0.3 is 30.9 Å². The zero-order valence-electron chi connectivity index (χ0n) is 21.0. The zero-order chi connectivity index (χ0) is 29.3. The lowest BCUT2D eigenvalue weighted by molar-refractivity contribution is -0.153. The molecule has 4 amide bonds. The van der Waals surface area contributed by atoms with Crippen LogP contribution in [-0.4, -0.2) is 86.4 Å². The molecule has 2 aliphatic rings. The summed E-state index contributed by atoms with van der Waals surface area (Å²) >= 11 is 5.96. The van der Waals surface area contributed by atoms with Crippen LogP contribution in [0.4, 0.5) is 9.18 Å². The molecular weight excluding hydrogens is 554 g/mol. The number of carbonyl (C=O) groups is 5. The van der Waals surface area contributed by atoms with Crippen molar-refractivity contribution in [3.05, 3.63) is 52.1 Å². The predicted octanol–water partition coefficient (Wildman–Crippen LogP) is 1.16. The minimum Gasteiger partial charge on any atom is -0.535 e. The molecule has 4 rings (SSSR count). The average Bonchev–Trinajstić information content (AvgIpc) is 2.89. The van der Waals surface area contributed by atoms with E-state index in [2.05, 4.69) is 10.3 Å². The van der Waals surface area contributed by atoms with Gasteiger partial charge in [0.2, 0.25) is 0 Å². The molecule has 4 N–H and O–H groups in total. The number of ketones is 1. The number of aromatic carboxylic acids is 1. The van der Waals surface area contributed by atoms with Crippen LogP contribution in [-0.2, 0) is 20.8 Å². The van der Waals surface area contributed by atoms with E-state index in [-0.39, 0.29) is 42.4 Å². The highest BCUT2D eigenvalue weighted by molar-refractivity contribution is 6.47. The molecule has 0 saturated carbocycles. The first-order valence-electron chi connectivity index (χ1n) is 12.1. The van der Waals surface area contributed by atoms with Crippen molar-refractivity contribution in [2.24, 2.45) is 0 Å². The summed E-state index contributed by atoms with van der Waals surface area (Å²) in [6.45, 7) is 1.80. The molecule has 16 heteroatoms. The maximum Gasteiger partial charge on any atom is 0.526 e. The van der Waals surface area contributed by atoms with Crippen LogP contribution in [0.25, 0.3) is 0 Å². The van der Waals surface area contributed by atoms with Gasteiger partial charge in [-0.25, -0.2) is 14.0 Å². The molecule has 13 nitrogen and oxygen atoms in total. The van der Waals surface area contributed by atoms with Gasteiger partial charge in [-0.05, 0) is 25.0 Å². The van der Waals surface area contributed by atoms with Crippen LogP contribution in [0.3, 0.4) is 0 Å². The van der Waals surface area contributed by atoms with Crippen molar-refractivity contribution < 1.29 is 48.3 Å². The van der Waals surface area contributed by atoms with E-state index in [1.807, 2.05) is 0 Å². The summed E-state index contributed by atoms with van der Waals surface area (Å²) < 4.78 is 20.2. The summed E-state index contributed by atoms with van der Waals surface area (Å²) in [5.74, 6) is -7.06. The number of benzene rings is 1. The number of aromatic hydroxyl groups is 1. The molecular formula is C24H23BClFN4O9. The summed E-state index contributed by atoms with van der Waals surface area (Å²) in [5, 5.41) is 31.7. The number of Topliss-reactive ketones (excluding diaryl/α,β-unsaturated/α-hetero) is 1. The number of fused-ring (bicyclic) bond motifs is 1. The molecule has 1 aromatic carbocycles. The Balaban J connectivity index is 1.59. The monoisotopic (exact) mass is 576 g/mol. The third-order valence-corrected chi connectivity index (χ3v) is 6.96. The number of rotatable bonds is 7. The zero-order valence-corrected chi connectivity index (χ0v) is 21.7. The molecule has 1 fully saturated rings. The lowest BCUT2D eigenvalue weighted by Gasteiger charge is -2.33. The van der Waals surface area contributed by atoms with E-state index < -0.39 is 72.3 Å². The van der Waals surface area contributed by atoms with Crippen molar-refractivity contribution in [1.82, 2.24) is 20.1 Å². The van der Waals surface area contributed by atoms with Crippen LogP contribution in [0.5, 0.6) is 11.5 Å². The number of likely N-dealkylation sites (N-methyl/N-ethyl adjacent to an activating group) is 1. The number of aromatic nitrogens is 1. The van der Waals surface area contributed by atoms with Crippen molar-refractivity contribution in [3.8, 4) is 11.5 Å². The Kier molecular flexibility index (Phi) is 8.25. The molecule has 0 spiro atoms. The Morgan fingerprint density at radius 3 is 2.65 bits per heavy atom. The van der Waals surface area contributed by atoms with Crippen molar-refractivity contribution >= 4 is 48.3 Å². The number of nitrogens with zero attached hydrogens (tertiary/aromatic N) is 3. The molecule has 1 unspecified atom stereocenters.